The van der Waals surface area contributed by atoms with Crippen molar-refractivity contribution in [2.24, 2.45) is 0 Å². The second-order valence-corrected chi connectivity index (χ2v) is 4.08. The molecule has 0 aliphatic carbocycles. The Morgan fingerprint density at radius 3 is 2.40 bits per heavy atom. The van der Waals surface area contributed by atoms with Crippen molar-refractivity contribution in [3.63, 3.8) is 0 Å². The summed E-state index contributed by atoms with van der Waals surface area (Å²) in [6.45, 7) is 3.99. The second-order valence-electron chi connectivity index (χ2n) is 3.68. The number of hydrogen-bond acceptors (Lipinski definition) is 2. The van der Waals surface area contributed by atoms with Crippen molar-refractivity contribution < 1.29 is 15.0 Å². The van der Waals surface area contributed by atoms with Crippen molar-refractivity contribution in [1.29, 1.82) is 0 Å². The number of carbonyl (C=O) groups is 1. The smallest absolute Gasteiger partial charge is 0.337 e. The van der Waals surface area contributed by atoms with Crippen LogP contribution in [-0.2, 0) is 4.79 Å². The molecule has 0 amide bonds. The summed E-state index contributed by atoms with van der Waals surface area (Å²) in [6, 6.07) is 4.82. The molecule has 0 radical (unpaired) electrons. The summed E-state index contributed by atoms with van der Waals surface area (Å²) in [4.78, 5) is 10.5. The van der Waals surface area contributed by atoms with E-state index in [4.69, 9.17) is 16.7 Å². The molecule has 2 N–H and O–H groups in total. The van der Waals surface area contributed by atoms with Gasteiger partial charge in [0.15, 0.2) is 6.10 Å². The van der Waals surface area contributed by atoms with Crippen LogP contribution in [0.3, 0.4) is 0 Å². The topological polar surface area (TPSA) is 57.5 Å². The molecule has 0 aromatic heterocycles. The van der Waals surface area contributed by atoms with E-state index in [1.54, 1.807) is 12.1 Å². The molecule has 1 aromatic carbocycles. The maximum atomic E-state index is 10.5. The zero-order chi connectivity index (χ0) is 11.6. The van der Waals surface area contributed by atoms with Crippen molar-refractivity contribution in [3.8, 4) is 0 Å². The van der Waals surface area contributed by atoms with Crippen LogP contribution in [0.2, 0.25) is 5.02 Å². The lowest BCUT2D eigenvalue weighted by Gasteiger charge is -2.11. The van der Waals surface area contributed by atoms with Crippen molar-refractivity contribution in [2.75, 3.05) is 0 Å². The average molecular weight is 229 g/mol. The molecule has 0 bridgehead atoms. The van der Waals surface area contributed by atoms with Crippen LogP contribution in [0.25, 0.3) is 0 Å². The van der Waals surface area contributed by atoms with Crippen molar-refractivity contribution in [1.82, 2.24) is 0 Å². The van der Waals surface area contributed by atoms with Crippen molar-refractivity contribution in [3.05, 3.63) is 34.3 Å². The quantitative estimate of drug-likeness (QED) is 0.836. The summed E-state index contributed by atoms with van der Waals surface area (Å²) in [5.41, 5.74) is 1.25. The minimum absolute atomic E-state index is 0.272. The van der Waals surface area contributed by atoms with E-state index in [2.05, 4.69) is 0 Å². The molecule has 0 fully saturated rings. The molecule has 0 heterocycles. The van der Waals surface area contributed by atoms with E-state index in [0.29, 0.717) is 10.6 Å². The molecule has 1 unspecified atom stereocenters. The van der Waals surface area contributed by atoms with Gasteiger partial charge in [-0.1, -0.05) is 37.6 Å². The Hall–Kier alpha value is -1.06. The summed E-state index contributed by atoms with van der Waals surface area (Å²) in [6.07, 6.45) is -1.51. The zero-order valence-corrected chi connectivity index (χ0v) is 9.32. The van der Waals surface area contributed by atoms with E-state index < -0.39 is 12.1 Å². The predicted octanol–water partition coefficient (Wildman–Crippen LogP) is 2.58. The fourth-order valence-electron chi connectivity index (χ4n) is 1.32. The monoisotopic (exact) mass is 228 g/mol. The summed E-state index contributed by atoms with van der Waals surface area (Å²) in [5, 5.41) is 18.4. The van der Waals surface area contributed by atoms with E-state index in [0.717, 1.165) is 5.56 Å². The van der Waals surface area contributed by atoms with E-state index in [9.17, 15) is 9.90 Å². The van der Waals surface area contributed by atoms with Crippen LogP contribution in [0.1, 0.15) is 37.0 Å². The molecule has 0 aliphatic rings. The molecule has 82 valence electrons. The van der Waals surface area contributed by atoms with Crippen molar-refractivity contribution in [2.45, 2.75) is 25.9 Å². The Bertz CT molecular complexity index is 374. The lowest BCUT2D eigenvalue weighted by atomic mass is 10.00. The van der Waals surface area contributed by atoms with E-state index >= 15 is 0 Å². The third-order valence-electron chi connectivity index (χ3n) is 2.20. The van der Waals surface area contributed by atoms with E-state index in [-0.39, 0.29) is 5.92 Å². The second kappa shape index (κ2) is 4.64. The van der Waals surface area contributed by atoms with Gasteiger partial charge in [-0.05, 0) is 23.1 Å². The minimum atomic E-state index is -1.51. The summed E-state index contributed by atoms with van der Waals surface area (Å²) in [7, 11) is 0. The number of rotatable bonds is 3. The molecule has 15 heavy (non-hydrogen) atoms. The third kappa shape index (κ3) is 2.70. The molecule has 1 atom stereocenters. The highest BCUT2D eigenvalue weighted by Gasteiger charge is 2.17. The Kier molecular flexibility index (Phi) is 3.72. The first kappa shape index (κ1) is 12.0. The number of halogens is 1. The number of aliphatic carboxylic acids is 1. The molecule has 1 aromatic rings. The van der Waals surface area contributed by atoms with Gasteiger partial charge in [-0.15, -0.1) is 0 Å². The highest BCUT2D eigenvalue weighted by molar-refractivity contribution is 6.31. The lowest BCUT2D eigenvalue weighted by molar-refractivity contribution is -0.146. The number of aliphatic hydroxyl groups is 1. The number of aliphatic hydroxyl groups excluding tert-OH is 1. The predicted molar refractivity (Wildman–Crippen MR) is 58.1 cm³/mol. The maximum Gasteiger partial charge on any atom is 0.337 e. The number of carboxylic acid groups (broad SMARTS) is 1. The average Bonchev–Trinajstić information content (AvgIpc) is 2.15. The molecule has 0 aliphatic heterocycles. The van der Waals surface area contributed by atoms with Gasteiger partial charge in [-0.3, -0.25) is 0 Å². The van der Waals surface area contributed by atoms with Gasteiger partial charge in [0.05, 0.1) is 0 Å². The maximum absolute atomic E-state index is 10.5. The van der Waals surface area contributed by atoms with Crippen LogP contribution in [0.15, 0.2) is 18.2 Å². The SMILES string of the molecule is CC(C)c1ccc(C(O)C(=O)O)cc1Cl. The first-order valence-corrected chi connectivity index (χ1v) is 5.01. The van der Waals surface area contributed by atoms with Crippen LogP contribution in [0.5, 0.6) is 0 Å². The largest absolute Gasteiger partial charge is 0.479 e. The van der Waals surface area contributed by atoms with Gasteiger partial charge in [-0.2, -0.15) is 0 Å². The van der Waals surface area contributed by atoms with Crippen LogP contribution in [0, 0.1) is 0 Å². The van der Waals surface area contributed by atoms with Crippen LogP contribution in [0.4, 0.5) is 0 Å². The molecular weight excluding hydrogens is 216 g/mol. The summed E-state index contributed by atoms with van der Waals surface area (Å²) in [5.74, 6) is -1.00. The van der Waals surface area contributed by atoms with E-state index in [1.807, 2.05) is 13.8 Å². The minimum Gasteiger partial charge on any atom is -0.479 e. The van der Waals surface area contributed by atoms with Gasteiger partial charge in [0.2, 0.25) is 0 Å². The normalized spacial score (nSPS) is 12.9. The molecule has 0 saturated heterocycles. The lowest BCUT2D eigenvalue weighted by Crippen LogP contribution is -2.10. The molecular formula is C11H13ClO3. The third-order valence-corrected chi connectivity index (χ3v) is 2.52. The standard InChI is InChI=1S/C11H13ClO3/c1-6(2)8-4-3-7(5-9(8)12)10(13)11(14)15/h3-6,10,13H,1-2H3,(H,14,15). The van der Waals surface area contributed by atoms with Gasteiger partial charge in [0.1, 0.15) is 0 Å². The number of carboxylic acids is 1. The number of benzene rings is 1. The molecule has 3 nitrogen and oxygen atoms in total. The van der Waals surface area contributed by atoms with Gasteiger partial charge in [-0.25, -0.2) is 4.79 Å². The Morgan fingerprint density at radius 1 is 1.40 bits per heavy atom. The van der Waals surface area contributed by atoms with E-state index in [1.165, 1.54) is 6.07 Å². The molecule has 4 heteroatoms. The van der Waals surface area contributed by atoms with Crippen LogP contribution < -0.4 is 0 Å². The van der Waals surface area contributed by atoms with Crippen molar-refractivity contribution >= 4 is 17.6 Å². The van der Waals surface area contributed by atoms with Crippen LogP contribution in [-0.4, -0.2) is 16.2 Å². The Balaban J connectivity index is 3.06. The summed E-state index contributed by atoms with van der Waals surface area (Å²) < 4.78 is 0. The highest BCUT2D eigenvalue weighted by atomic mass is 35.5. The number of hydrogen-bond donors (Lipinski definition) is 2. The first-order chi connectivity index (χ1) is 6.93. The molecule has 1 rings (SSSR count). The molecule has 0 saturated carbocycles. The van der Waals surface area contributed by atoms with Gasteiger partial charge >= 0.3 is 5.97 Å². The summed E-state index contributed by atoms with van der Waals surface area (Å²) >= 11 is 5.97. The van der Waals surface area contributed by atoms with Gasteiger partial charge in [0.25, 0.3) is 0 Å². The van der Waals surface area contributed by atoms with Gasteiger partial charge < -0.3 is 10.2 Å². The molecule has 0 spiro atoms. The highest BCUT2D eigenvalue weighted by Crippen LogP contribution is 2.27. The first-order valence-electron chi connectivity index (χ1n) is 4.63. The zero-order valence-electron chi connectivity index (χ0n) is 8.57. The Morgan fingerprint density at radius 2 is 2.00 bits per heavy atom. The Labute approximate surface area is 93.3 Å². The fraction of sp³-hybridized carbons (Fsp3) is 0.364. The fourth-order valence-corrected chi connectivity index (χ4v) is 1.73. The van der Waals surface area contributed by atoms with Crippen LogP contribution >= 0.6 is 11.6 Å². The van der Waals surface area contributed by atoms with Gasteiger partial charge in [0, 0.05) is 5.02 Å².